The van der Waals surface area contributed by atoms with Crippen molar-refractivity contribution in [3.8, 4) is 0 Å². The third-order valence-corrected chi connectivity index (χ3v) is 5.14. The van der Waals surface area contributed by atoms with E-state index in [1.54, 1.807) is 0 Å². The Balaban J connectivity index is 1.77. The van der Waals surface area contributed by atoms with E-state index in [2.05, 4.69) is 0 Å². The van der Waals surface area contributed by atoms with E-state index in [9.17, 15) is 9.90 Å². The van der Waals surface area contributed by atoms with Crippen molar-refractivity contribution in [2.45, 2.75) is 38.2 Å². The van der Waals surface area contributed by atoms with Gasteiger partial charge in [-0.2, -0.15) is 0 Å². The predicted molar refractivity (Wildman–Crippen MR) is 78.3 cm³/mol. The summed E-state index contributed by atoms with van der Waals surface area (Å²) in [6, 6.07) is 9.97. The number of hydrogen-bond donors (Lipinski definition) is 1. The van der Waals surface area contributed by atoms with Gasteiger partial charge < -0.3 is 10.0 Å². The van der Waals surface area contributed by atoms with E-state index in [1.165, 1.54) is 0 Å². The van der Waals surface area contributed by atoms with Gasteiger partial charge >= 0.3 is 0 Å². The summed E-state index contributed by atoms with van der Waals surface area (Å²) < 4.78 is 0. The highest BCUT2D eigenvalue weighted by Crippen LogP contribution is 2.39. The molecule has 108 valence electrons. The molecule has 1 aromatic carbocycles. The van der Waals surface area contributed by atoms with Crippen LogP contribution in [-0.4, -0.2) is 35.1 Å². The fourth-order valence-electron chi connectivity index (χ4n) is 3.78. The average Bonchev–Trinajstić information content (AvgIpc) is 3.01. The first-order valence-electron chi connectivity index (χ1n) is 7.53. The molecule has 2 aliphatic rings. The molecule has 3 unspecified atom stereocenters. The molecule has 3 heteroatoms. The van der Waals surface area contributed by atoms with Gasteiger partial charge in [0.1, 0.15) is 0 Å². The van der Waals surface area contributed by atoms with Crippen molar-refractivity contribution < 1.29 is 9.90 Å². The van der Waals surface area contributed by atoms with Crippen molar-refractivity contribution in [2.24, 2.45) is 11.8 Å². The summed E-state index contributed by atoms with van der Waals surface area (Å²) in [5.74, 6) is 0.983. The Labute approximate surface area is 120 Å². The molecular weight excluding hydrogens is 250 g/mol. The first kappa shape index (κ1) is 13.6. The Morgan fingerprint density at radius 1 is 1.20 bits per heavy atom. The van der Waals surface area contributed by atoms with E-state index in [0.29, 0.717) is 11.8 Å². The van der Waals surface area contributed by atoms with Gasteiger partial charge in [0.15, 0.2) is 0 Å². The zero-order valence-corrected chi connectivity index (χ0v) is 12.2. The van der Waals surface area contributed by atoms with E-state index in [4.69, 9.17) is 0 Å². The van der Waals surface area contributed by atoms with Crippen LogP contribution in [0.4, 0.5) is 0 Å². The van der Waals surface area contributed by atoms with Crippen molar-refractivity contribution in [2.75, 3.05) is 13.1 Å². The normalized spacial score (nSPS) is 29.6. The highest BCUT2D eigenvalue weighted by atomic mass is 16.3. The molecule has 1 aromatic rings. The lowest BCUT2D eigenvalue weighted by atomic mass is 9.83. The van der Waals surface area contributed by atoms with Gasteiger partial charge in [-0.05, 0) is 38.2 Å². The van der Waals surface area contributed by atoms with Crippen LogP contribution in [0.3, 0.4) is 0 Å². The Morgan fingerprint density at radius 2 is 1.90 bits per heavy atom. The topological polar surface area (TPSA) is 40.5 Å². The highest BCUT2D eigenvalue weighted by molar-refractivity contribution is 5.87. The zero-order valence-electron chi connectivity index (χ0n) is 12.2. The van der Waals surface area contributed by atoms with Gasteiger partial charge in [-0.25, -0.2) is 0 Å². The van der Waals surface area contributed by atoms with Crippen LogP contribution < -0.4 is 0 Å². The quantitative estimate of drug-likeness (QED) is 0.897. The molecule has 1 N–H and O–H groups in total. The summed E-state index contributed by atoms with van der Waals surface area (Å²) in [5.41, 5.74) is 0.563. The Hall–Kier alpha value is -1.35. The number of hydrogen-bond acceptors (Lipinski definition) is 2. The number of aliphatic hydroxyl groups is 1. The van der Waals surface area contributed by atoms with Crippen molar-refractivity contribution in [3.05, 3.63) is 35.9 Å². The zero-order chi connectivity index (χ0) is 14.3. The molecule has 1 saturated carbocycles. The lowest BCUT2D eigenvalue weighted by molar-refractivity contribution is -0.135. The molecule has 1 heterocycles. The second-order valence-corrected chi connectivity index (χ2v) is 6.77. The predicted octanol–water partition coefficient (Wildman–Crippen LogP) is 2.19. The molecule has 20 heavy (non-hydrogen) atoms. The van der Waals surface area contributed by atoms with Crippen LogP contribution in [0, 0.1) is 11.8 Å². The fourth-order valence-corrected chi connectivity index (χ4v) is 3.78. The molecule has 3 atom stereocenters. The molecule has 1 aliphatic carbocycles. The van der Waals surface area contributed by atoms with E-state index >= 15 is 0 Å². The fraction of sp³-hybridized carbons (Fsp3) is 0.588. The minimum Gasteiger partial charge on any atom is -0.393 e. The number of aliphatic hydroxyl groups excluding tert-OH is 1. The second-order valence-electron chi connectivity index (χ2n) is 6.77. The number of amides is 1. The van der Waals surface area contributed by atoms with Crippen LogP contribution in [0.1, 0.15) is 32.3 Å². The number of benzene rings is 1. The first-order chi connectivity index (χ1) is 9.50. The van der Waals surface area contributed by atoms with Gasteiger partial charge in [0.05, 0.1) is 11.5 Å². The summed E-state index contributed by atoms with van der Waals surface area (Å²) in [4.78, 5) is 14.8. The Kier molecular flexibility index (Phi) is 3.33. The highest BCUT2D eigenvalue weighted by Gasteiger charge is 2.46. The summed E-state index contributed by atoms with van der Waals surface area (Å²) in [5, 5.41) is 9.98. The van der Waals surface area contributed by atoms with Gasteiger partial charge in [0.2, 0.25) is 5.91 Å². The molecule has 1 saturated heterocycles. The van der Waals surface area contributed by atoms with Gasteiger partial charge in [0, 0.05) is 19.0 Å². The van der Waals surface area contributed by atoms with Crippen molar-refractivity contribution >= 4 is 5.91 Å². The molecule has 0 radical (unpaired) electrons. The Bertz CT molecular complexity index is 497. The number of rotatable bonds is 2. The second kappa shape index (κ2) is 4.88. The minimum atomic E-state index is -0.495. The SMILES string of the molecule is CC(C)(C(=O)N1CC2CCC(O)C2C1)c1ccccc1. The summed E-state index contributed by atoms with van der Waals surface area (Å²) in [7, 11) is 0. The average molecular weight is 273 g/mol. The lowest BCUT2D eigenvalue weighted by Crippen LogP contribution is -2.43. The number of carbonyl (C=O) groups is 1. The number of likely N-dealkylation sites (tertiary alicyclic amines) is 1. The van der Waals surface area contributed by atoms with Crippen LogP contribution >= 0.6 is 0 Å². The maximum atomic E-state index is 12.8. The van der Waals surface area contributed by atoms with E-state index < -0.39 is 5.41 Å². The maximum Gasteiger partial charge on any atom is 0.232 e. The summed E-state index contributed by atoms with van der Waals surface area (Å²) in [6.45, 7) is 5.53. The molecule has 0 aromatic heterocycles. The summed E-state index contributed by atoms with van der Waals surface area (Å²) >= 11 is 0. The number of carbonyl (C=O) groups excluding carboxylic acids is 1. The molecule has 1 aliphatic heterocycles. The van der Waals surface area contributed by atoms with Crippen LogP contribution in [-0.2, 0) is 10.2 Å². The molecular formula is C17H23NO2. The third-order valence-electron chi connectivity index (χ3n) is 5.14. The van der Waals surface area contributed by atoms with Crippen LogP contribution in [0.5, 0.6) is 0 Å². The molecule has 1 amide bonds. The Morgan fingerprint density at radius 3 is 2.55 bits per heavy atom. The van der Waals surface area contributed by atoms with Crippen molar-refractivity contribution in [1.82, 2.24) is 4.90 Å². The number of fused-ring (bicyclic) bond motifs is 1. The van der Waals surface area contributed by atoms with E-state index in [1.807, 2.05) is 49.1 Å². The van der Waals surface area contributed by atoms with Crippen LogP contribution in [0.15, 0.2) is 30.3 Å². The van der Waals surface area contributed by atoms with E-state index in [0.717, 1.165) is 31.5 Å². The molecule has 3 rings (SSSR count). The van der Waals surface area contributed by atoms with Crippen molar-refractivity contribution in [1.29, 1.82) is 0 Å². The van der Waals surface area contributed by atoms with Crippen LogP contribution in [0.2, 0.25) is 0 Å². The largest absolute Gasteiger partial charge is 0.393 e. The monoisotopic (exact) mass is 273 g/mol. The van der Waals surface area contributed by atoms with Gasteiger partial charge in [-0.1, -0.05) is 30.3 Å². The van der Waals surface area contributed by atoms with Gasteiger partial charge in [0.25, 0.3) is 0 Å². The van der Waals surface area contributed by atoms with Gasteiger partial charge in [-0.3, -0.25) is 4.79 Å². The maximum absolute atomic E-state index is 12.8. The smallest absolute Gasteiger partial charge is 0.232 e. The molecule has 3 nitrogen and oxygen atoms in total. The first-order valence-corrected chi connectivity index (χ1v) is 7.53. The lowest BCUT2D eigenvalue weighted by Gasteiger charge is -2.30. The summed E-state index contributed by atoms with van der Waals surface area (Å²) in [6.07, 6.45) is 1.75. The number of nitrogens with zero attached hydrogens (tertiary/aromatic N) is 1. The standard InChI is InChI=1S/C17H23NO2/c1-17(2,13-6-4-3-5-7-13)16(20)18-10-12-8-9-15(19)14(12)11-18/h3-7,12,14-15,19H,8-11H2,1-2H3. The van der Waals surface area contributed by atoms with E-state index in [-0.39, 0.29) is 12.0 Å². The third kappa shape index (κ3) is 2.14. The van der Waals surface area contributed by atoms with Crippen LogP contribution in [0.25, 0.3) is 0 Å². The van der Waals surface area contributed by atoms with Gasteiger partial charge in [-0.15, -0.1) is 0 Å². The van der Waals surface area contributed by atoms with Crippen molar-refractivity contribution in [3.63, 3.8) is 0 Å². The molecule has 2 fully saturated rings. The minimum absolute atomic E-state index is 0.185. The molecule has 0 bridgehead atoms. The molecule has 0 spiro atoms.